The monoisotopic (exact) mass is 388 g/mol. The molecular formula is C23H17ClN2O2. The number of nitrogens with one attached hydrogen (secondary N) is 1. The molecule has 4 rings (SSSR count). The Morgan fingerprint density at radius 1 is 1.07 bits per heavy atom. The van der Waals surface area contributed by atoms with Gasteiger partial charge in [-0.1, -0.05) is 48.0 Å². The lowest BCUT2D eigenvalue weighted by Crippen LogP contribution is -2.09. The van der Waals surface area contributed by atoms with Crippen molar-refractivity contribution < 1.29 is 9.21 Å². The summed E-state index contributed by atoms with van der Waals surface area (Å²) in [6.07, 6.45) is 3.29. The van der Waals surface area contributed by atoms with E-state index in [2.05, 4.69) is 10.3 Å². The number of fused-ring (bicyclic) bond motifs is 1. The topological polar surface area (TPSA) is 55.1 Å². The van der Waals surface area contributed by atoms with Crippen molar-refractivity contribution >= 4 is 40.4 Å². The van der Waals surface area contributed by atoms with Gasteiger partial charge in [-0.25, -0.2) is 4.98 Å². The summed E-state index contributed by atoms with van der Waals surface area (Å²) < 4.78 is 5.86. The van der Waals surface area contributed by atoms with Gasteiger partial charge in [0.05, 0.1) is 0 Å². The number of oxazole rings is 1. The summed E-state index contributed by atoms with van der Waals surface area (Å²) in [7, 11) is 0. The minimum atomic E-state index is -0.201. The van der Waals surface area contributed by atoms with Gasteiger partial charge in [-0.15, -0.1) is 0 Å². The van der Waals surface area contributed by atoms with Crippen LogP contribution in [0.25, 0.3) is 28.6 Å². The Morgan fingerprint density at radius 3 is 2.71 bits per heavy atom. The second-order valence-electron chi connectivity index (χ2n) is 6.34. The number of aromatic nitrogens is 1. The molecule has 1 amide bonds. The highest BCUT2D eigenvalue weighted by atomic mass is 35.5. The second-order valence-corrected chi connectivity index (χ2v) is 6.78. The van der Waals surface area contributed by atoms with Crippen LogP contribution >= 0.6 is 11.6 Å². The Hall–Kier alpha value is -3.37. The van der Waals surface area contributed by atoms with E-state index in [0.29, 0.717) is 27.7 Å². The molecule has 5 heteroatoms. The fourth-order valence-corrected chi connectivity index (χ4v) is 3.10. The predicted molar refractivity (Wildman–Crippen MR) is 113 cm³/mol. The second kappa shape index (κ2) is 7.71. The van der Waals surface area contributed by atoms with Crippen LogP contribution in [0, 0.1) is 6.92 Å². The van der Waals surface area contributed by atoms with Gasteiger partial charge in [0.15, 0.2) is 5.58 Å². The van der Waals surface area contributed by atoms with E-state index in [1.807, 2.05) is 55.5 Å². The van der Waals surface area contributed by atoms with Crippen LogP contribution in [0.15, 0.2) is 77.2 Å². The van der Waals surface area contributed by atoms with Crippen LogP contribution in [-0.2, 0) is 4.79 Å². The average molecular weight is 389 g/mol. The largest absolute Gasteiger partial charge is 0.436 e. The molecule has 4 nitrogen and oxygen atoms in total. The van der Waals surface area contributed by atoms with Crippen molar-refractivity contribution in [1.29, 1.82) is 0 Å². The molecule has 0 saturated carbocycles. The fraction of sp³-hybridized carbons (Fsp3) is 0.0435. The van der Waals surface area contributed by atoms with Gasteiger partial charge in [-0.2, -0.15) is 0 Å². The third-order valence-electron chi connectivity index (χ3n) is 4.40. The van der Waals surface area contributed by atoms with Gasteiger partial charge >= 0.3 is 0 Å². The van der Waals surface area contributed by atoms with Gasteiger partial charge in [-0.3, -0.25) is 4.79 Å². The minimum Gasteiger partial charge on any atom is -0.436 e. The number of carbonyl (C=O) groups excluding carboxylic acids is 1. The van der Waals surface area contributed by atoms with Gasteiger partial charge in [-0.05, 0) is 54.5 Å². The van der Waals surface area contributed by atoms with E-state index in [4.69, 9.17) is 16.0 Å². The van der Waals surface area contributed by atoms with Crippen LogP contribution < -0.4 is 5.32 Å². The van der Waals surface area contributed by atoms with Crippen molar-refractivity contribution in [3.8, 4) is 11.5 Å². The van der Waals surface area contributed by atoms with Gasteiger partial charge < -0.3 is 9.73 Å². The predicted octanol–water partition coefficient (Wildman–Crippen LogP) is 6.11. The van der Waals surface area contributed by atoms with Crippen LogP contribution in [0.5, 0.6) is 0 Å². The maximum atomic E-state index is 12.3. The normalized spacial score (nSPS) is 11.2. The van der Waals surface area contributed by atoms with Gasteiger partial charge in [0.2, 0.25) is 11.8 Å². The Morgan fingerprint density at radius 2 is 1.89 bits per heavy atom. The number of hydrogen-bond acceptors (Lipinski definition) is 3. The van der Waals surface area contributed by atoms with Crippen molar-refractivity contribution in [2.45, 2.75) is 6.92 Å². The van der Waals surface area contributed by atoms with Gasteiger partial charge in [0.1, 0.15) is 5.52 Å². The van der Waals surface area contributed by atoms with E-state index < -0.39 is 0 Å². The lowest BCUT2D eigenvalue weighted by Gasteiger charge is -2.09. The molecule has 0 fully saturated rings. The number of nitrogens with zero attached hydrogens (tertiary/aromatic N) is 1. The van der Waals surface area contributed by atoms with E-state index in [9.17, 15) is 4.79 Å². The standard InChI is InChI=1S/C23H17ClN2O2/c1-15-18(23-26-20-14-17(24)11-12-21(20)28-23)8-5-9-19(15)25-22(27)13-10-16-6-3-2-4-7-16/h2-14H,1H3,(H,25,27). The summed E-state index contributed by atoms with van der Waals surface area (Å²) >= 11 is 6.03. The summed E-state index contributed by atoms with van der Waals surface area (Å²) in [6.45, 7) is 1.92. The highest BCUT2D eigenvalue weighted by Gasteiger charge is 2.13. The Labute approximate surface area is 167 Å². The van der Waals surface area contributed by atoms with E-state index >= 15 is 0 Å². The summed E-state index contributed by atoms with van der Waals surface area (Å²) in [5, 5.41) is 3.52. The molecular weight excluding hydrogens is 372 g/mol. The molecule has 1 heterocycles. The molecule has 0 bridgehead atoms. The van der Waals surface area contributed by atoms with E-state index in [-0.39, 0.29) is 5.91 Å². The molecule has 0 radical (unpaired) electrons. The summed E-state index contributed by atoms with van der Waals surface area (Å²) in [4.78, 5) is 16.8. The molecule has 0 unspecified atom stereocenters. The molecule has 0 aliphatic carbocycles. The zero-order valence-corrected chi connectivity index (χ0v) is 15.9. The van der Waals surface area contributed by atoms with Crippen molar-refractivity contribution in [3.63, 3.8) is 0 Å². The number of amides is 1. The molecule has 1 aromatic heterocycles. The van der Waals surface area contributed by atoms with Crippen LogP contribution in [-0.4, -0.2) is 10.9 Å². The van der Waals surface area contributed by atoms with Crippen molar-refractivity contribution in [2.24, 2.45) is 0 Å². The van der Waals surface area contributed by atoms with Crippen LogP contribution in [0.4, 0.5) is 5.69 Å². The number of benzene rings is 3. The Kier molecular flexibility index (Phi) is 4.96. The van der Waals surface area contributed by atoms with Crippen LogP contribution in [0.1, 0.15) is 11.1 Å². The van der Waals surface area contributed by atoms with E-state index in [0.717, 1.165) is 16.7 Å². The summed E-state index contributed by atoms with van der Waals surface area (Å²) in [5.74, 6) is 0.291. The third kappa shape index (κ3) is 3.82. The molecule has 28 heavy (non-hydrogen) atoms. The number of rotatable bonds is 4. The van der Waals surface area contributed by atoms with Crippen molar-refractivity contribution in [1.82, 2.24) is 4.98 Å². The van der Waals surface area contributed by atoms with Crippen LogP contribution in [0.3, 0.4) is 0 Å². The van der Waals surface area contributed by atoms with Crippen LogP contribution in [0.2, 0.25) is 5.02 Å². The first-order chi connectivity index (χ1) is 13.6. The average Bonchev–Trinajstić information content (AvgIpc) is 3.11. The van der Waals surface area contributed by atoms with Gasteiger partial charge in [0.25, 0.3) is 0 Å². The quantitative estimate of drug-likeness (QED) is 0.429. The molecule has 1 N–H and O–H groups in total. The fourth-order valence-electron chi connectivity index (χ4n) is 2.93. The molecule has 0 aliphatic heterocycles. The molecule has 0 spiro atoms. The third-order valence-corrected chi connectivity index (χ3v) is 4.63. The first-order valence-corrected chi connectivity index (χ1v) is 9.18. The zero-order chi connectivity index (χ0) is 19.5. The Balaban J connectivity index is 1.59. The number of anilines is 1. The maximum absolute atomic E-state index is 12.3. The number of hydrogen-bond donors (Lipinski definition) is 1. The number of carbonyl (C=O) groups is 1. The van der Waals surface area contributed by atoms with E-state index in [1.54, 1.807) is 24.3 Å². The minimum absolute atomic E-state index is 0.201. The lowest BCUT2D eigenvalue weighted by molar-refractivity contribution is -0.111. The molecule has 4 aromatic rings. The Bertz CT molecular complexity index is 1180. The number of halogens is 1. The first-order valence-electron chi connectivity index (χ1n) is 8.80. The summed E-state index contributed by atoms with van der Waals surface area (Å²) in [6, 6.07) is 20.6. The molecule has 3 aromatic carbocycles. The highest BCUT2D eigenvalue weighted by Crippen LogP contribution is 2.31. The van der Waals surface area contributed by atoms with Crippen molar-refractivity contribution in [2.75, 3.05) is 5.32 Å². The maximum Gasteiger partial charge on any atom is 0.248 e. The first kappa shape index (κ1) is 18.0. The zero-order valence-electron chi connectivity index (χ0n) is 15.1. The molecule has 138 valence electrons. The molecule has 0 saturated heterocycles. The van der Waals surface area contributed by atoms with Crippen molar-refractivity contribution in [3.05, 3.63) is 89.0 Å². The highest BCUT2D eigenvalue weighted by molar-refractivity contribution is 6.31. The SMILES string of the molecule is Cc1c(NC(=O)C=Cc2ccccc2)cccc1-c1nc2cc(Cl)ccc2o1. The molecule has 0 atom stereocenters. The van der Waals surface area contributed by atoms with Gasteiger partial charge in [0, 0.05) is 22.3 Å². The summed E-state index contributed by atoms with van der Waals surface area (Å²) in [5.41, 5.74) is 4.73. The van der Waals surface area contributed by atoms with E-state index in [1.165, 1.54) is 6.08 Å². The lowest BCUT2D eigenvalue weighted by atomic mass is 10.1. The molecule has 0 aliphatic rings. The smallest absolute Gasteiger partial charge is 0.248 e.